The van der Waals surface area contributed by atoms with Gasteiger partial charge in [0.2, 0.25) is 15.9 Å². The van der Waals surface area contributed by atoms with Gasteiger partial charge in [0.15, 0.2) is 0 Å². The zero-order valence-electron chi connectivity index (χ0n) is 17.2. The van der Waals surface area contributed by atoms with Crippen molar-refractivity contribution in [2.45, 2.75) is 18.3 Å². The molecule has 0 bridgehead atoms. The fraction of sp³-hybridized carbons (Fsp3) is 0.182. The van der Waals surface area contributed by atoms with E-state index in [1.54, 1.807) is 29.6 Å². The lowest BCUT2D eigenvalue weighted by Crippen LogP contribution is -2.25. The molecule has 11 heteroatoms. The first kappa shape index (κ1) is 24.6. The number of nitrogens with zero attached hydrogens (tertiary/aromatic N) is 1. The molecule has 3 rings (SSSR count). The maximum absolute atomic E-state index is 12.7. The maximum atomic E-state index is 12.7. The van der Waals surface area contributed by atoms with Crippen LogP contribution in [0.3, 0.4) is 0 Å². The van der Waals surface area contributed by atoms with Gasteiger partial charge in [-0.3, -0.25) is 4.79 Å². The van der Waals surface area contributed by atoms with Crippen molar-refractivity contribution in [3.8, 4) is 10.6 Å². The molecule has 0 aliphatic rings. The Morgan fingerprint density at radius 1 is 1.09 bits per heavy atom. The molecule has 0 saturated heterocycles. The number of halogens is 3. The van der Waals surface area contributed by atoms with E-state index >= 15 is 0 Å². The molecule has 0 aliphatic heterocycles. The van der Waals surface area contributed by atoms with Gasteiger partial charge >= 0.3 is 6.18 Å². The molecule has 3 aromatic rings. The van der Waals surface area contributed by atoms with Gasteiger partial charge in [0.25, 0.3) is 0 Å². The summed E-state index contributed by atoms with van der Waals surface area (Å²) in [5, 5.41) is 4.90. The first-order valence-corrected chi connectivity index (χ1v) is 12.2. The molecule has 2 N–H and O–H groups in total. The fourth-order valence-electron chi connectivity index (χ4n) is 2.83. The average Bonchev–Trinajstić information content (AvgIpc) is 3.21. The Hall–Kier alpha value is -3.02. The summed E-state index contributed by atoms with van der Waals surface area (Å²) in [6, 6.07) is 11.1. The Labute approximate surface area is 193 Å². The number of benzene rings is 2. The highest BCUT2D eigenvalue weighted by Gasteiger charge is 2.30. The van der Waals surface area contributed by atoms with Gasteiger partial charge < -0.3 is 5.32 Å². The Bertz CT molecular complexity index is 1220. The Morgan fingerprint density at radius 3 is 2.36 bits per heavy atom. The summed E-state index contributed by atoms with van der Waals surface area (Å²) >= 11 is 1.24. The first-order valence-electron chi connectivity index (χ1n) is 9.65. The molecule has 1 heterocycles. The molecule has 0 aliphatic carbocycles. The summed E-state index contributed by atoms with van der Waals surface area (Å²) < 4.78 is 64.3. The maximum Gasteiger partial charge on any atom is 0.416 e. The number of sulfonamides is 1. The molecular weight excluding hydrogens is 475 g/mol. The number of aromatic nitrogens is 1. The number of carbonyl (C=O) groups excluding carboxylic acids is 1. The molecule has 0 radical (unpaired) electrons. The quantitative estimate of drug-likeness (QED) is 0.424. The lowest BCUT2D eigenvalue weighted by atomic mass is 10.1. The van der Waals surface area contributed by atoms with Crippen LogP contribution in [0.15, 0.2) is 66.6 Å². The number of amides is 1. The summed E-state index contributed by atoms with van der Waals surface area (Å²) in [6.45, 7) is 3.61. The number of rotatable bonds is 9. The third-order valence-electron chi connectivity index (χ3n) is 4.39. The minimum absolute atomic E-state index is 0.0151. The average molecular weight is 496 g/mol. The predicted molar refractivity (Wildman–Crippen MR) is 122 cm³/mol. The van der Waals surface area contributed by atoms with Gasteiger partial charge in [-0.15, -0.1) is 17.9 Å². The topological polar surface area (TPSA) is 88.2 Å². The number of alkyl halides is 3. The number of anilines is 1. The van der Waals surface area contributed by atoms with Crippen molar-refractivity contribution in [3.05, 3.63) is 83.4 Å². The smallest absolute Gasteiger partial charge is 0.326 e. The number of carbonyl (C=O) groups is 1. The van der Waals surface area contributed by atoms with Gasteiger partial charge in [0.05, 0.1) is 23.4 Å². The van der Waals surface area contributed by atoms with Crippen LogP contribution in [0.4, 0.5) is 18.9 Å². The third kappa shape index (κ3) is 7.24. The second-order valence-electron chi connectivity index (χ2n) is 7.04. The van der Waals surface area contributed by atoms with Crippen molar-refractivity contribution >= 4 is 33.0 Å². The van der Waals surface area contributed by atoms with Gasteiger partial charge in [0.1, 0.15) is 5.01 Å². The van der Waals surface area contributed by atoms with Crippen LogP contribution >= 0.6 is 11.3 Å². The lowest BCUT2D eigenvalue weighted by molar-refractivity contribution is -0.137. The Balaban J connectivity index is 1.57. The summed E-state index contributed by atoms with van der Waals surface area (Å²) in [4.78, 5) is 16.7. The van der Waals surface area contributed by atoms with Crippen LogP contribution < -0.4 is 10.0 Å². The van der Waals surface area contributed by atoms with Gasteiger partial charge in [-0.1, -0.05) is 30.3 Å². The van der Waals surface area contributed by atoms with Gasteiger partial charge in [0, 0.05) is 23.2 Å². The number of hydrogen-bond acceptors (Lipinski definition) is 5. The molecule has 33 heavy (non-hydrogen) atoms. The summed E-state index contributed by atoms with van der Waals surface area (Å²) in [5.41, 5.74) is 1.35. The normalized spacial score (nSPS) is 11.8. The second kappa shape index (κ2) is 10.3. The Kier molecular flexibility index (Phi) is 7.67. The number of nitrogens with one attached hydrogen (secondary N) is 2. The van der Waals surface area contributed by atoms with Crippen LogP contribution in [-0.2, 0) is 33.2 Å². The molecular formula is C22H20F3N3O3S2. The van der Waals surface area contributed by atoms with E-state index in [1.165, 1.54) is 29.5 Å². The standard InChI is InChI=1S/C22H20F3N3O3S2/c1-2-11-26-33(30,31)14-15-3-9-18(10-4-15)27-20(29)12-19-13-32-21(28-19)16-5-7-17(8-6-16)22(23,24)25/h2-10,13,26H,1,11-12,14H2,(H,27,29). The zero-order valence-corrected chi connectivity index (χ0v) is 18.9. The van der Waals surface area contributed by atoms with E-state index in [0.717, 1.165) is 12.1 Å². The SMILES string of the molecule is C=CCNS(=O)(=O)Cc1ccc(NC(=O)Cc2csc(-c3ccc(C(F)(F)F)cc3)n2)cc1. The molecule has 0 spiro atoms. The van der Waals surface area contributed by atoms with Crippen LogP contribution in [0.5, 0.6) is 0 Å². The fourth-order valence-corrected chi connectivity index (χ4v) is 4.76. The minimum Gasteiger partial charge on any atom is -0.326 e. The van der Waals surface area contributed by atoms with Crippen LogP contribution in [0, 0.1) is 0 Å². The molecule has 0 fully saturated rings. The van der Waals surface area contributed by atoms with Crippen LogP contribution in [0.1, 0.15) is 16.8 Å². The van der Waals surface area contributed by atoms with E-state index in [9.17, 15) is 26.4 Å². The number of thiazole rings is 1. The van der Waals surface area contributed by atoms with Crippen molar-refractivity contribution in [2.24, 2.45) is 0 Å². The molecule has 2 aromatic carbocycles. The molecule has 1 aromatic heterocycles. The third-order valence-corrected chi connectivity index (χ3v) is 6.65. The van der Waals surface area contributed by atoms with E-state index in [1.807, 2.05) is 0 Å². The predicted octanol–water partition coefficient (Wildman–Crippen LogP) is 4.62. The van der Waals surface area contributed by atoms with Gasteiger partial charge in [-0.2, -0.15) is 13.2 Å². The second-order valence-corrected chi connectivity index (χ2v) is 9.70. The molecule has 0 atom stereocenters. The highest BCUT2D eigenvalue weighted by atomic mass is 32.2. The van der Waals surface area contributed by atoms with Crippen LogP contribution in [0.25, 0.3) is 10.6 Å². The van der Waals surface area contributed by atoms with Gasteiger partial charge in [-0.05, 0) is 29.8 Å². The Morgan fingerprint density at radius 2 is 1.76 bits per heavy atom. The highest BCUT2D eigenvalue weighted by Crippen LogP contribution is 2.31. The van der Waals surface area contributed by atoms with E-state index in [-0.39, 0.29) is 24.6 Å². The van der Waals surface area contributed by atoms with E-state index in [2.05, 4.69) is 21.6 Å². The summed E-state index contributed by atoms with van der Waals surface area (Å²) in [7, 11) is -3.48. The monoisotopic (exact) mass is 495 g/mol. The largest absolute Gasteiger partial charge is 0.416 e. The van der Waals surface area contributed by atoms with Crippen molar-refractivity contribution < 1.29 is 26.4 Å². The molecule has 0 saturated carbocycles. The highest BCUT2D eigenvalue weighted by molar-refractivity contribution is 7.88. The van der Waals surface area contributed by atoms with Gasteiger partial charge in [-0.25, -0.2) is 18.1 Å². The molecule has 174 valence electrons. The molecule has 1 amide bonds. The van der Waals surface area contributed by atoms with Crippen molar-refractivity contribution in [1.29, 1.82) is 0 Å². The lowest BCUT2D eigenvalue weighted by Gasteiger charge is -2.07. The van der Waals surface area contributed by atoms with Crippen molar-refractivity contribution in [1.82, 2.24) is 9.71 Å². The van der Waals surface area contributed by atoms with E-state index < -0.39 is 21.8 Å². The molecule has 0 unspecified atom stereocenters. The van der Waals surface area contributed by atoms with Crippen LogP contribution in [0.2, 0.25) is 0 Å². The van der Waals surface area contributed by atoms with Crippen LogP contribution in [-0.4, -0.2) is 25.9 Å². The van der Waals surface area contributed by atoms with Crippen molar-refractivity contribution in [3.63, 3.8) is 0 Å². The van der Waals surface area contributed by atoms with Crippen molar-refractivity contribution in [2.75, 3.05) is 11.9 Å². The summed E-state index contributed by atoms with van der Waals surface area (Å²) in [6.07, 6.45) is -2.97. The first-order chi connectivity index (χ1) is 15.6. The summed E-state index contributed by atoms with van der Waals surface area (Å²) in [5.74, 6) is -0.520. The van der Waals surface area contributed by atoms with E-state index in [4.69, 9.17) is 0 Å². The van der Waals surface area contributed by atoms with E-state index in [0.29, 0.717) is 27.5 Å². The zero-order chi connectivity index (χ0) is 24.1. The minimum atomic E-state index is -4.40. The number of hydrogen-bond donors (Lipinski definition) is 2. The molecule has 6 nitrogen and oxygen atoms in total.